The fourth-order valence-electron chi connectivity index (χ4n) is 0.822. The van der Waals surface area contributed by atoms with Gasteiger partial charge in [0.1, 0.15) is 24.4 Å². The van der Waals surface area contributed by atoms with Crippen molar-refractivity contribution in [1.29, 1.82) is 5.41 Å². The van der Waals surface area contributed by atoms with Crippen LogP contribution < -0.4 is 0 Å². The third kappa shape index (κ3) is 15.1. The van der Waals surface area contributed by atoms with Crippen LogP contribution >= 0.6 is 12.2 Å². The molecule has 0 heterocycles. The molecule has 8 heteroatoms. The van der Waals surface area contributed by atoms with E-state index in [0.29, 0.717) is 0 Å². The quantitative estimate of drug-likeness (QED) is 0.157. The zero-order chi connectivity index (χ0) is 16.6. The number of allylic oxidation sites excluding steroid dienone is 1. The van der Waals surface area contributed by atoms with Gasteiger partial charge in [0, 0.05) is 0 Å². The molecule has 0 aliphatic rings. The Hall–Kier alpha value is -0.990. The molecule has 0 aliphatic heterocycles. The molecule has 0 amide bonds. The van der Waals surface area contributed by atoms with Crippen molar-refractivity contribution in [3.63, 3.8) is 0 Å². The molecule has 0 fully saturated rings. The van der Waals surface area contributed by atoms with Crippen LogP contribution in [0.15, 0.2) is 12.7 Å². The number of aliphatic hydroxyl groups excluding tert-OH is 5. The third-order valence-electron chi connectivity index (χ3n) is 1.91. The van der Waals surface area contributed by atoms with Crippen LogP contribution in [0.2, 0.25) is 0 Å². The number of thiocarbonyl (C=S) groups is 1. The minimum absolute atomic E-state index is 0.0258. The summed E-state index contributed by atoms with van der Waals surface area (Å²) in [7, 11) is 0. The van der Waals surface area contributed by atoms with Crippen LogP contribution in [0.1, 0.15) is 19.8 Å². The predicted octanol–water partition coefficient (Wildman–Crippen LogP) is -0.738. The van der Waals surface area contributed by atoms with Crippen molar-refractivity contribution in [3.8, 4) is 0 Å². The summed E-state index contributed by atoms with van der Waals surface area (Å²) in [5, 5.41) is 50.9. The summed E-state index contributed by atoms with van der Waals surface area (Å²) in [6.45, 7) is 4.93. The summed E-state index contributed by atoms with van der Waals surface area (Å²) in [6.07, 6.45) is -2.53. The molecule has 0 aliphatic carbocycles. The molecule has 0 aromatic heterocycles. The fourth-order valence-corrected chi connectivity index (χ4v) is 0.822. The van der Waals surface area contributed by atoms with Crippen LogP contribution in [-0.4, -0.2) is 68.0 Å². The third-order valence-corrected chi connectivity index (χ3v) is 1.91. The summed E-state index contributed by atoms with van der Waals surface area (Å²) in [6, 6.07) is 0. The van der Waals surface area contributed by atoms with Crippen molar-refractivity contribution in [2.24, 2.45) is 0 Å². The fraction of sp³-hybridized carbons (Fsp3) is 0.667. The zero-order valence-corrected chi connectivity index (χ0v) is 12.2. The van der Waals surface area contributed by atoms with Gasteiger partial charge in [0.15, 0.2) is 6.29 Å². The lowest BCUT2D eigenvalue weighted by molar-refractivity contribution is -0.136. The molecule has 0 aromatic carbocycles. The average Bonchev–Trinajstić information content (AvgIpc) is 2.46. The molecule has 4 unspecified atom stereocenters. The molecule has 0 radical (unpaired) electrons. The highest BCUT2D eigenvalue weighted by molar-refractivity contribution is 7.78. The predicted molar refractivity (Wildman–Crippen MR) is 77.6 cm³/mol. The van der Waals surface area contributed by atoms with E-state index in [-0.39, 0.29) is 6.29 Å². The second-order valence-electron chi connectivity index (χ2n) is 3.54. The van der Waals surface area contributed by atoms with Crippen LogP contribution in [0.4, 0.5) is 0 Å². The van der Waals surface area contributed by atoms with Gasteiger partial charge in [-0.2, -0.15) is 0 Å². The van der Waals surface area contributed by atoms with E-state index >= 15 is 0 Å². The molecule has 0 aromatic rings. The van der Waals surface area contributed by atoms with Gasteiger partial charge in [-0.25, -0.2) is 5.41 Å². The van der Waals surface area contributed by atoms with Crippen molar-refractivity contribution in [2.75, 3.05) is 6.61 Å². The van der Waals surface area contributed by atoms with Crippen LogP contribution in [-0.2, 0) is 4.79 Å². The molecular weight excluding hydrogens is 286 g/mol. The molecule has 6 N–H and O–H groups in total. The highest BCUT2D eigenvalue weighted by atomic mass is 32.1. The number of hydrogen-bond acceptors (Lipinski definition) is 8. The van der Waals surface area contributed by atoms with Crippen molar-refractivity contribution < 1.29 is 30.3 Å². The van der Waals surface area contributed by atoms with Crippen LogP contribution in [0.3, 0.4) is 0 Å². The Kier molecular flexibility index (Phi) is 21.7. The monoisotopic (exact) mass is 309 g/mol. The second kappa shape index (κ2) is 18.0. The first kappa shape index (κ1) is 24.1. The Morgan fingerprint density at radius 2 is 1.75 bits per heavy atom. The van der Waals surface area contributed by atoms with Gasteiger partial charge in [-0.1, -0.05) is 19.4 Å². The topological polar surface area (TPSA) is 142 Å². The number of isothiocyanates is 1. The number of aldehydes is 1. The van der Waals surface area contributed by atoms with E-state index < -0.39 is 31.0 Å². The van der Waals surface area contributed by atoms with Crippen molar-refractivity contribution in [3.05, 3.63) is 12.7 Å². The molecule has 0 saturated carbocycles. The summed E-state index contributed by atoms with van der Waals surface area (Å²) in [5.74, 6) is 0. The molecule has 0 spiro atoms. The number of aliphatic hydroxyl groups is 5. The molecule has 4 atom stereocenters. The second-order valence-corrected chi connectivity index (χ2v) is 3.74. The van der Waals surface area contributed by atoms with E-state index in [4.69, 9.17) is 30.9 Å². The van der Waals surface area contributed by atoms with Gasteiger partial charge < -0.3 is 30.3 Å². The summed E-state index contributed by atoms with van der Waals surface area (Å²) < 4.78 is 0. The van der Waals surface area contributed by atoms with Crippen LogP contribution in [0, 0.1) is 5.41 Å². The minimum atomic E-state index is -1.79. The van der Waals surface area contributed by atoms with Crippen molar-refractivity contribution in [1.82, 2.24) is 0 Å². The van der Waals surface area contributed by atoms with E-state index in [2.05, 4.69) is 25.7 Å². The smallest absolute Gasteiger partial charge is 0.151 e. The van der Waals surface area contributed by atoms with Gasteiger partial charge in [-0.15, -0.1) is 6.58 Å². The summed E-state index contributed by atoms with van der Waals surface area (Å²) >= 11 is 3.81. The summed E-state index contributed by atoms with van der Waals surface area (Å²) in [4.78, 5) is 9.90. The summed E-state index contributed by atoms with van der Waals surface area (Å²) in [5.41, 5.74) is 0. The Morgan fingerprint density at radius 3 is 1.95 bits per heavy atom. The van der Waals surface area contributed by atoms with Gasteiger partial charge >= 0.3 is 0 Å². The molecule has 20 heavy (non-hydrogen) atoms. The lowest BCUT2D eigenvalue weighted by atomic mass is 10.0. The van der Waals surface area contributed by atoms with E-state index in [1.165, 1.54) is 6.42 Å². The van der Waals surface area contributed by atoms with Gasteiger partial charge in [-0.05, 0) is 18.6 Å². The van der Waals surface area contributed by atoms with Crippen molar-refractivity contribution in [2.45, 2.75) is 44.2 Å². The highest BCUT2D eigenvalue weighted by Crippen LogP contribution is 2.02. The van der Waals surface area contributed by atoms with E-state index in [9.17, 15) is 4.79 Å². The van der Waals surface area contributed by atoms with Crippen molar-refractivity contribution >= 4 is 23.7 Å². The Balaban J connectivity index is -0.000000299. The maximum atomic E-state index is 9.90. The lowest BCUT2D eigenvalue weighted by Crippen LogP contribution is -2.46. The van der Waals surface area contributed by atoms with Gasteiger partial charge in [0.2, 0.25) is 0 Å². The minimum Gasteiger partial charge on any atom is -0.394 e. The number of rotatable bonds is 7. The number of nitrogens with one attached hydrogen (secondary N) is 1. The maximum Gasteiger partial charge on any atom is 0.151 e. The zero-order valence-electron chi connectivity index (χ0n) is 11.3. The first-order chi connectivity index (χ1) is 9.37. The molecule has 7 nitrogen and oxygen atoms in total. The molecule has 0 saturated heterocycles. The van der Waals surface area contributed by atoms with Crippen LogP contribution in [0.5, 0.6) is 0 Å². The molecule has 0 rings (SSSR count). The number of unbranched alkanes of at least 4 members (excludes halogenated alkanes) is 1. The lowest BCUT2D eigenvalue weighted by Gasteiger charge is -2.22. The average molecular weight is 309 g/mol. The van der Waals surface area contributed by atoms with E-state index in [1.807, 2.05) is 6.08 Å². The first-order valence-corrected chi connectivity index (χ1v) is 6.21. The molecule has 118 valence electrons. The van der Waals surface area contributed by atoms with E-state index in [0.717, 1.165) is 6.42 Å². The Morgan fingerprint density at radius 1 is 1.30 bits per heavy atom. The molecule has 0 bridgehead atoms. The molecular formula is C12H23NO6S. The Labute approximate surface area is 123 Å². The number of hydrogen-bond donors (Lipinski definition) is 6. The highest BCUT2D eigenvalue weighted by Gasteiger charge is 2.29. The first-order valence-electron chi connectivity index (χ1n) is 5.80. The van der Waals surface area contributed by atoms with Gasteiger partial charge in [0.05, 0.1) is 11.8 Å². The maximum absolute atomic E-state index is 9.90. The standard InChI is InChI=1S/C6H12O6.C5H10.CHNS/c7-1-3(9)5(11)6(12)4(10)2-8;1-3-5-4-2;2-1-3/h1,3-6,8-12H,2H2;3H,1,4-5H2,2H3;2H. The van der Waals surface area contributed by atoms with Gasteiger partial charge in [0.25, 0.3) is 0 Å². The van der Waals surface area contributed by atoms with Crippen LogP contribution in [0.25, 0.3) is 0 Å². The number of carbonyl (C=O) groups is 1. The largest absolute Gasteiger partial charge is 0.394 e. The normalized spacial score (nSPS) is 14.9. The Bertz CT molecular complexity index is 271. The van der Waals surface area contributed by atoms with E-state index in [1.54, 1.807) is 5.16 Å². The number of carbonyl (C=O) groups excluding carboxylic acids is 1. The van der Waals surface area contributed by atoms with Gasteiger partial charge in [-0.3, -0.25) is 0 Å². The SMILES string of the molecule is C=CCCC.N=C=S.O=CC(O)C(O)C(O)C(O)CO.